The fourth-order valence-corrected chi connectivity index (χ4v) is 1.83. The van der Waals surface area contributed by atoms with E-state index in [9.17, 15) is 4.79 Å². The summed E-state index contributed by atoms with van der Waals surface area (Å²) in [6.45, 7) is 0. The summed E-state index contributed by atoms with van der Waals surface area (Å²) < 4.78 is 5.44. The third-order valence-electron chi connectivity index (χ3n) is 1.78. The maximum absolute atomic E-state index is 10.3. The van der Waals surface area contributed by atoms with E-state index in [0.29, 0.717) is 5.76 Å². The molecule has 2 aromatic rings. The minimum absolute atomic E-state index is 0.542. The molecule has 76 valence electrons. The van der Waals surface area contributed by atoms with Crippen LogP contribution in [0.4, 0.5) is 0 Å². The number of aliphatic carboxylic acids is 1. The predicted molar refractivity (Wildman–Crippen MR) is 58.7 cm³/mol. The van der Waals surface area contributed by atoms with Gasteiger partial charge in [-0.25, -0.2) is 4.79 Å². The lowest BCUT2D eigenvalue weighted by Crippen LogP contribution is -1.84. The number of hydrogen-bond acceptors (Lipinski definition) is 3. The fraction of sp³-hybridized carbons (Fsp3) is 0. The van der Waals surface area contributed by atoms with E-state index in [1.165, 1.54) is 6.08 Å². The van der Waals surface area contributed by atoms with Crippen molar-refractivity contribution in [3.63, 3.8) is 0 Å². The topological polar surface area (TPSA) is 50.4 Å². The minimum atomic E-state index is -0.982. The summed E-state index contributed by atoms with van der Waals surface area (Å²) >= 11 is 1.58. The monoisotopic (exact) mass is 220 g/mol. The lowest BCUT2D eigenvalue weighted by Gasteiger charge is -1.88. The maximum Gasteiger partial charge on any atom is 0.328 e. The number of furan rings is 1. The van der Waals surface area contributed by atoms with Crippen LogP contribution >= 0.6 is 11.3 Å². The summed E-state index contributed by atoms with van der Waals surface area (Å²) in [5.41, 5.74) is 0. The van der Waals surface area contributed by atoms with Crippen LogP contribution in [0.25, 0.3) is 16.7 Å². The van der Waals surface area contributed by atoms with Crippen LogP contribution in [0, 0.1) is 0 Å². The number of thiophene rings is 1. The molecule has 2 rings (SSSR count). The van der Waals surface area contributed by atoms with Gasteiger partial charge in [0.25, 0.3) is 0 Å². The fourth-order valence-electron chi connectivity index (χ4n) is 1.15. The van der Waals surface area contributed by atoms with Crippen molar-refractivity contribution in [2.24, 2.45) is 0 Å². The Kier molecular flexibility index (Phi) is 2.69. The molecule has 15 heavy (non-hydrogen) atoms. The van der Waals surface area contributed by atoms with E-state index in [2.05, 4.69) is 0 Å². The first-order chi connectivity index (χ1) is 7.25. The first-order valence-corrected chi connectivity index (χ1v) is 5.18. The van der Waals surface area contributed by atoms with Gasteiger partial charge < -0.3 is 9.52 Å². The molecular formula is C11H8O3S. The molecule has 2 heterocycles. The number of carbonyl (C=O) groups is 1. The SMILES string of the molecule is O=C(O)C=Cc1ccc(-c2cccs2)o1. The molecule has 0 aromatic carbocycles. The highest BCUT2D eigenvalue weighted by atomic mass is 32.1. The Morgan fingerprint density at radius 1 is 1.40 bits per heavy atom. The predicted octanol–water partition coefficient (Wildman–Crippen LogP) is 3.11. The van der Waals surface area contributed by atoms with Crippen LogP contribution < -0.4 is 0 Å². The summed E-state index contributed by atoms with van der Waals surface area (Å²) in [5, 5.41) is 10.4. The highest BCUT2D eigenvalue weighted by Crippen LogP contribution is 2.26. The van der Waals surface area contributed by atoms with Crippen molar-refractivity contribution in [2.45, 2.75) is 0 Å². The molecule has 0 amide bonds. The molecule has 0 saturated carbocycles. The Bertz CT molecular complexity index is 480. The van der Waals surface area contributed by atoms with Gasteiger partial charge in [-0.15, -0.1) is 11.3 Å². The van der Waals surface area contributed by atoms with Gasteiger partial charge in [-0.05, 0) is 29.7 Å². The Morgan fingerprint density at radius 2 is 2.27 bits per heavy atom. The van der Waals surface area contributed by atoms with Crippen LogP contribution in [-0.2, 0) is 4.79 Å². The molecule has 4 heteroatoms. The van der Waals surface area contributed by atoms with Crippen LogP contribution in [0.2, 0.25) is 0 Å². The molecule has 2 aromatic heterocycles. The smallest absolute Gasteiger partial charge is 0.328 e. The van der Waals surface area contributed by atoms with Gasteiger partial charge in [-0.2, -0.15) is 0 Å². The average molecular weight is 220 g/mol. The van der Waals surface area contributed by atoms with Gasteiger partial charge in [0.2, 0.25) is 0 Å². The molecule has 0 fully saturated rings. The zero-order chi connectivity index (χ0) is 10.7. The summed E-state index contributed by atoms with van der Waals surface area (Å²) in [4.78, 5) is 11.3. The summed E-state index contributed by atoms with van der Waals surface area (Å²) in [7, 11) is 0. The van der Waals surface area contributed by atoms with Crippen LogP contribution in [0.3, 0.4) is 0 Å². The third kappa shape index (κ3) is 2.35. The van der Waals surface area contributed by atoms with Gasteiger partial charge in [0, 0.05) is 6.08 Å². The van der Waals surface area contributed by atoms with Gasteiger partial charge in [0.15, 0.2) is 0 Å². The number of hydrogen-bond donors (Lipinski definition) is 1. The van der Waals surface area contributed by atoms with Gasteiger partial charge in [0.05, 0.1) is 4.88 Å². The Hall–Kier alpha value is -1.81. The highest BCUT2D eigenvalue weighted by Gasteiger charge is 2.03. The largest absolute Gasteiger partial charge is 0.478 e. The first kappa shape index (κ1) is 9.73. The molecule has 3 nitrogen and oxygen atoms in total. The lowest BCUT2D eigenvalue weighted by atomic mass is 10.3. The Labute approximate surface area is 90.3 Å². The van der Waals surface area contributed by atoms with Crippen molar-refractivity contribution < 1.29 is 14.3 Å². The van der Waals surface area contributed by atoms with Gasteiger partial charge in [-0.1, -0.05) is 6.07 Å². The second kappa shape index (κ2) is 4.14. The molecule has 0 atom stereocenters. The van der Waals surface area contributed by atoms with E-state index in [0.717, 1.165) is 16.7 Å². The van der Waals surface area contributed by atoms with E-state index >= 15 is 0 Å². The molecule has 0 spiro atoms. The van der Waals surface area contributed by atoms with E-state index < -0.39 is 5.97 Å². The van der Waals surface area contributed by atoms with Crippen molar-refractivity contribution in [2.75, 3.05) is 0 Å². The van der Waals surface area contributed by atoms with Crippen LogP contribution in [0.5, 0.6) is 0 Å². The molecule has 0 bridgehead atoms. The second-order valence-electron chi connectivity index (χ2n) is 2.85. The third-order valence-corrected chi connectivity index (χ3v) is 2.67. The van der Waals surface area contributed by atoms with E-state index in [1.807, 2.05) is 23.6 Å². The Morgan fingerprint density at radius 3 is 2.93 bits per heavy atom. The van der Waals surface area contributed by atoms with Crippen LogP contribution in [0.1, 0.15) is 5.76 Å². The highest BCUT2D eigenvalue weighted by molar-refractivity contribution is 7.13. The molecule has 0 aliphatic rings. The number of carboxylic acid groups (broad SMARTS) is 1. The minimum Gasteiger partial charge on any atom is -0.478 e. The van der Waals surface area contributed by atoms with Crippen molar-refractivity contribution in [1.82, 2.24) is 0 Å². The molecule has 0 radical (unpaired) electrons. The van der Waals surface area contributed by atoms with Crippen molar-refractivity contribution in [3.8, 4) is 10.6 Å². The average Bonchev–Trinajstić information content (AvgIpc) is 2.85. The number of carboxylic acids is 1. The van der Waals surface area contributed by atoms with E-state index in [1.54, 1.807) is 17.4 Å². The first-order valence-electron chi connectivity index (χ1n) is 4.30. The lowest BCUT2D eigenvalue weighted by molar-refractivity contribution is -0.131. The summed E-state index contributed by atoms with van der Waals surface area (Å²) in [6, 6.07) is 7.46. The second-order valence-corrected chi connectivity index (χ2v) is 3.80. The summed E-state index contributed by atoms with van der Waals surface area (Å²) in [6.07, 6.45) is 2.48. The van der Waals surface area contributed by atoms with Crippen LogP contribution in [0.15, 0.2) is 40.1 Å². The Balaban J connectivity index is 2.21. The maximum atomic E-state index is 10.3. The van der Waals surface area contributed by atoms with Gasteiger partial charge in [0.1, 0.15) is 11.5 Å². The normalized spacial score (nSPS) is 10.9. The molecule has 0 aliphatic heterocycles. The zero-order valence-corrected chi connectivity index (χ0v) is 8.53. The molecule has 0 unspecified atom stereocenters. The van der Waals surface area contributed by atoms with Crippen molar-refractivity contribution >= 4 is 23.4 Å². The number of rotatable bonds is 3. The quantitative estimate of drug-likeness (QED) is 0.808. The van der Waals surface area contributed by atoms with E-state index in [-0.39, 0.29) is 0 Å². The van der Waals surface area contributed by atoms with Gasteiger partial charge in [-0.3, -0.25) is 0 Å². The van der Waals surface area contributed by atoms with Gasteiger partial charge >= 0.3 is 5.97 Å². The van der Waals surface area contributed by atoms with Crippen molar-refractivity contribution in [3.05, 3.63) is 41.5 Å². The molecule has 0 saturated heterocycles. The van der Waals surface area contributed by atoms with E-state index in [4.69, 9.17) is 9.52 Å². The molecule has 1 N–H and O–H groups in total. The molecular weight excluding hydrogens is 212 g/mol. The van der Waals surface area contributed by atoms with Crippen LogP contribution in [-0.4, -0.2) is 11.1 Å². The zero-order valence-electron chi connectivity index (χ0n) is 7.71. The van der Waals surface area contributed by atoms with Crippen molar-refractivity contribution in [1.29, 1.82) is 0 Å². The standard InChI is InChI=1S/C11H8O3S/c12-11(13)6-4-8-3-5-9(14-8)10-2-1-7-15-10/h1-7H,(H,12,13). The molecule has 0 aliphatic carbocycles. The summed E-state index contributed by atoms with van der Waals surface area (Å²) in [5.74, 6) is 0.319.